The minimum atomic E-state index is -1.62. The van der Waals surface area contributed by atoms with Gasteiger partial charge in [0.15, 0.2) is 5.41 Å². The maximum atomic E-state index is 13.0. The van der Waals surface area contributed by atoms with E-state index in [0.717, 1.165) is 0 Å². The summed E-state index contributed by atoms with van der Waals surface area (Å²) in [6, 6.07) is 8.84. The Morgan fingerprint density at radius 1 is 1.38 bits per heavy atom. The fourth-order valence-corrected chi connectivity index (χ4v) is 3.60. The summed E-state index contributed by atoms with van der Waals surface area (Å²) in [5.41, 5.74) is 5.27. The number of hydrogen-bond acceptors (Lipinski definition) is 6. The van der Waals surface area contributed by atoms with Crippen LogP contribution in [0.4, 0.5) is 5.69 Å². The van der Waals surface area contributed by atoms with E-state index in [4.69, 9.17) is 15.2 Å². The Balaban J connectivity index is 2.10. The number of para-hydroxylation sites is 1. The van der Waals surface area contributed by atoms with Crippen molar-refractivity contribution in [1.82, 2.24) is 0 Å². The fourth-order valence-electron chi connectivity index (χ4n) is 3.60. The van der Waals surface area contributed by atoms with Gasteiger partial charge < -0.3 is 20.5 Å². The molecule has 7 heteroatoms. The number of esters is 1. The van der Waals surface area contributed by atoms with Crippen LogP contribution in [0.3, 0.4) is 0 Å². The highest BCUT2D eigenvalue weighted by atomic mass is 16.6. The number of amides is 1. The molecule has 0 saturated carbocycles. The molecule has 0 aliphatic carbocycles. The third-order valence-electron chi connectivity index (χ3n) is 4.53. The lowest BCUT2D eigenvalue weighted by Crippen LogP contribution is -2.48. The Morgan fingerprint density at radius 3 is 2.88 bits per heavy atom. The van der Waals surface area contributed by atoms with Gasteiger partial charge in [0.1, 0.15) is 29.1 Å². The molecule has 4 rings (SSSR count). The van der Waals surface area contributed by atoms with Gasteiger partial charge in [-0.2, -0.15) is 5.26 Å². The monoisotopic (exact) mass is 323 g/mol. The Kier molecular flexibility index (Phi) is 2.76. The zero-order valence-electron chi connectivity index (χ0n) is 12.8. The van der Waals surface area contributed by atoms with Crippen LogP contribution in [-0.4, -0.2) is 18.0 Å². The predicted octanol–water partition coefficient (Wildman–Crippen LogP) is 1.19. The van der Waals surface area contributed by atoms with E-state index in [9.17, 15) is 14.9 Å². The molecule has 0 bridgehead atoms. The van der Waals surface area contributed by atoms with Gasteiger partial charge in [-0.05, 0) is 13.0 Å². The number of anilines is 1. The molecule has 1 aromatic rings. The number of ether oxygens (including phenoxy) is 2. The number of nitrogens with two attached hydrogens (primary N) is 1. The van der Waals surface area contributed by atoms with E-state index in [1.165, 1.54) is 0 Å². The van der Waals surface area contributed by atoms with E-state index in [-0.39, 0.29) is 29.2 Å². The van der Waals surface area contributed by atoms with Crippen molar-refractivity contribution in [1.29, 1.82) is 5.26 Å². The highest BCUT2D eigenvalue weighted by Crippen LogP contribution is 2.53. The summed E-state index contributed by atoms with van der Waals surface area (Å²) < 4.78 is 10.8. The zero-order chi connectivity index (χ0) is 17.1. The average Bonchev–Trinajstić information content (AvgIpc) is 2.80. The third-order valence-corrected chi connectivity index (χ3v) is 4.53. The van der Waals surface area contributed by atoms with Gasteiger partial charge in [0.25, 0.3) is 0 Å². The molecule has 3 aliphatic heterocycles. The van der Waals surface area contributed by atoms with Gasteiger partial charge in [-0.1, -0.05) is 18.2 Å². The Hall–Kier alpha value is -3.27. The van der Waals surface area contributed by atoms with Gasteiger partial charge in [0.05, 0.1) is 0 Å². The summed E-state index contributed by atoms with van der Waals surface area (Å²) in [7, 11) is 0. The third kappa shape index (κ3) is 1.55. The lowest BCUT2D eigenvalue weighted by atomic mass is 9.67. The quantitative estimate of drug-likeness (QED) is 0.693. The molecule has 7 nitrogen and oxygen atoms in total. The standard InChI is InChI=1S/C17H13N3O4/c1-8-6-12-13(15(21)23-8)17(10(7-18)14(19)24-12)9-4-2-3-5-11(9)20-16(17)22/h2-5,8H,6,19H2,1H3,(H,20,22)/t8-,17+/m0/s1. The lowest BCUT2D eigenvalue weighted by Gasteiger charge is -2.37. The number of rotatable bonds is 0. The van der Waals surface area contributed by atoms with Gasteiger partial charge in [-0.3, -0.25) is 4.79 Å². The number of hydrogen-bond donors (Lipinski definition) is 2. The number of nitriles is 1. The van der Waals surface area contributed by atoms with Crippen molar-refractivity contribution >= 4 is 17.6 Å². The van der Waals surface area contributed by atoms with Crippen LogP contribution in [0, 0.1) is 11.3 Å². The molecule has 1 aromatic carbocycles. The maximum absolute atomic E-state index is 13.0. The normalized spacial score (nSPS) is 27.9. The number of carbonyl (C=O) groups excluding carboxylic acids is 2. The molecule has 3 heterocycles. The van der Waals surface area contributed by atoms with Gasteiger partial charge in [0.2, 0.25) is 11.8 Å². The lowest BCUT2D eigenvalue weighted by molar-refractivity contribution is -0.148. The number of carbonyl (C=O) groups is 2. The van der Waals surface area contributed by atoms with Crippen LogP contribution in [-0.2, 0) is 24.5 Å². The smallest absolute Gasteiger partial charge is 0.339 e. The van der Waals surface area contributed by atoms with Crippen molar-refractivity contribution in [2.24, 2.45) is 5.73 Å². The van der Waals surface area contributed by atoms with E-state index in [1.807, 2.05) is 6.07 Å². The van der Waals surface area contributed by atoms with Crippen LogP contribution in [0.2, 0.25) is 0 Å². The molecule has 3 N–H and O–H groups in total. The van der Waals surface area contributed by atoms with Gasteiger partial charge in [-0.25, -0.2) is 4.79 Å². The molecule has 24 heavy (non-hydrogen) atoms. The van der Waals surface area contributed by atoms with Crippen LogP contribution in [0.5, 0.6) is 0 Å². The van der Waals surface area contributed by atoms with Crippen molar-refractivity contribution in [2.45, 2.75) is 24.9 Å². The summed E-state index contributed by atoms with van der Waals surface area (Å²) in [5.74, 6) is -1.06. The van der Waals surface area contributed by atoms with E-state index in [0.29, 0.717) is 11.3 Å². The first-order valence-electron chi connectivity index (χ1n) is 7.44. The molecule has 1 amide bonds. The minimum Gasteiger partial charge on any atom is -0.459 e. The average molecular weight is 323 g/mol. The van der Waals surface area contributed by atoms with Gasteiger partial charge >= 0.3 is 5.97 Å². The molecule has 0 unspecified atom stereocenters. The maximum Gasteiger partial charge on any atom is 0.339 e. The first-order valence-corrected chi connectivity index (χ1v) is 7.44. The van der Waals surface area contributed by atoms with Crippen molar-refractivity contribution in [2.75, 3.05) is 5.32 Å². The van der Waals surface area contributed by atoms with Crippen molar-refractivity contribution in [3.63, 3.8) is 0 Å². The molecule has 0 aromatic heterocycles. The number of cyclic esters (lactones) is 1. The van der Waals surface area contributed by atoms with Crippen molar-refractivity contribution < 1.29 is 19.1 Å². The summed E-state index contributed by atoms with van der Waals surface area (Å²) >= 11 is 0. The van der Waals surface area contributed by atoms with Gasteiger partial charge in [0, 0.05) is 17.7 Å². The predicted molar refractivity (Wildman–Crippen MR) is 81.9 cm³/mol. The molecule has 1 spiro atoms. The first kappa shape index (κ1) is 14.3. The molecule has 3 aliphatic rings. The SMILES string of the molecule is C[C@H]1CC2=C(C(=O)O1)[C@]1(C(=O)Nc3ccccc31)C(C#N)=C(N)O2. The highest BCUT2D eigenvalue weighted by molar-refractivity contribution is 6.17. The molecular weight excluding hydrogens is 310 g/mol. The summed E-state index contributed by atoms with van der Waals surface area (Å²) in [5, 5.41) is 12.4. The second kappa shape index (κ2) is 4.61. The van der Waals surface area contributed by atoms with Crippen LogP contribution < -0.4 is 11.1 Å². The molecular formula is C17H13N3O4. The second-order valence-electron chi connectivity index (χ2n) is 5.92. The Morgan fingerprint density at radius 2 is 2.12 bits per heavy atom. The second-order valence-corrected chi connectivity index (χ2v) is 5.92. The largest absolute Gasteiger partial charge is 0.459 e. The van der Waals surface area contributed by atoms with Crippen LogP contribution in [0.25, 0.3) is 0 Å². The number of fused-ring (bicyclic) bond motifs is 3. The van der Waals surface area contributed by atoms with Gasteiger partial charge in [-0.15, -0.1) is 0 Å². The zero-order valence-corrected chi connectivity index (χ0v) is 12.8. The summed E-state index contributed by atoms with van der Waals surface area (Å²) in [6.07, 6.45) is -0.109. The summed E-state index contributed by atoms with van der Waals surface area (Å²) in [6.45, 7) is 1.72. The summed E-state index contributed by atoms with van der Waals surface area (Å²) in [4.78, 5) is 25.6. The number of nitrogens with one attached hydrogen (secondary N) is 1. The van der Waals surface area contributed by atoms with E-state index in [2.05, 4.69) is 5.32 Å². The minimum absolute atomic E-state index is 0.0359. The van der Waals surface area contributed by atoms with Crippen LogP contribution in [0.15, 0.2) is 47.1 Å². The number of benzene rings is 1. The van der Waals surface area contributed by atoms with Crippen molar-refractivity contribution in [3.05, 3.63) is 52.6 Å². The van der Waals surface area contributed by atoms with Crippen LogP contribution >= 0.6 is 0 Å². The Labute approximate surface area is 137 Å². The highest BCUT2D eigenvalue weighted by Gasteiger charge is 2.61. The number of nitrogens with zero attached hydrogens (tertiary/aromatic N) is 1. The van der Waals surface area contributed by atoms with Crippen LogP contribution in [0.1, 0.15) is 18.9 Å². The van der Waals surface area contributed by atoms with Crippen molar-refractivity contribution in [3.8, 4) is 6.07 Å². The molecule has 0 saturated heterocycles. The Bertz CT molecular complexity index is 909. The topological polar surface area (TPSA) is 114 Å². The van der Waals surface area contributed by atoms with E-state index in [1.54, 1.807) is 31.2 Å². The first-order chi connectivity index (χ1) is 11.5. The van der Waals surface area contributed by atoms with E-state index >= 15 is 0 Å². The molecule has 0 fully saturated rings. The molecule has 120 valence electrons. The molecule has 0 radical (unpaired) electrons. The fraction of sp³-hybridized carbons (Fsp3) is 0.235. The van der Waals surface area contributed by atoms with E-state index < -0.39 is 23.4 Å². The molecule has 2 atom stereocenters.